The number of hydrogen-bond donors (Lipinski definition) is 0. The molecule has 0 aliphatic carbocycles. The van der Waals surface area contributed by atoms with E-state index in [4.69, 9.17) is 23.2 Å². The van der Waals surface area contributed by atoms with E-state index >= 15 is 0 Å². The third-order valence-electron chi connectivity index (χ3n) is 3.13. The Morgan fingerprint density at radius 3 is 2.76 bits per heavy atom. The Bertz CT molecular complexity index is 880. The van der Waals surface area contributed by atoms with Crippen molar-refractivity contribution in [3.63, 3.8) is 0 Å². The van der Waals surface area contributed by atoms with Gasteiger partial charge in [0, 0.05) is 11.1 Å². The van der Waals surface area contributed by atoms with E-state index in [0.29, 0.717) is 33.1 Å². The van der Waals surface area contributed by atoms with E-state index in [1.54, 1.807) is 28.8 Å². The molecule has 3 aromatic rings. The predicted molar refractivity (Wildman–Crippen MR) is 80.3 cm³/mol. The lowest BCUT2D eigenvalue weighted by Crippen LogP contribution is -2.02. The van der Waals surface area contributed by atoms with Gasteiger partial charge in [0.15, 0.2) is 0 Å². The smallest absolute Gasteiger partial charge is 0.129 e. The summed E-state index contributed by atoms with van der Waals surface area (Å²) in [6, 6.07) is 11.3. The molecule has 0 saturated carbocycles. The average Bonchev–Trinajstić information content (AvgIpc) is 2.84. The molecule has 21 heavy (non-hydrogen) atoms. The number of nitrogens with zero attached hydrogens (tertiary/aromatic N) is 3. The molecule has 0 bridgehead atoms. The van der Waals surface area contributed by atoms with Gasteiger partial charge in [-0.05, 0) is 30.3 Å². The number of nitriles is 1. The minimum Gasteiger partial charge on any atom is -0.294 e. The van der Waals surface area contributed by atoms with Gasteiger partial charge in [0.05, 0.1) is 28.2 Å². The SMILES string of the molecule is N#Cc1ccc(Cl)cc1-n1c(CCl)nc2ccc(F)cc21. The van der Waals surface area contributed by atoms with Gasteiger partial charge in [0.25, 0.3) is 0 Å². The summed E-state index contributed by atoms with van der Waals surface area (Å²) in [6.07, 6.45) is 0. The number of imidazole rings is 1. The van der Waals surface area contributed by atoms with Crippen molar-refractivity contribution in [2.24, 2.45) is 0 Å². The maximum Gasteiger partial charge on any atom is 0.129 e. The summed E-state index contributed by atoms with van der Waals surface area (Å²) in [5.41, 5.74) is 2.10. The minimum atomic E-state index is -0.384. The van der Waals surface area contributed by atoms with Gasteiger partial charge in [-0.3, -0.25) is 4.57 Å². The molecule has 0 atom stereocenters. The Morgan fingerprint density at radius 2 is 2.05 bits per heavy atom. The predicted octanol–water partition coefficient (Wildman–Crippen LogP) is 4.43. The number of rotatable bonds is 2. The number of alkyl halides is 1. The number of aromatic nitrogens is 2. The van der Waals surface area contributed by atoms with E-state index in [1.807, 2.05) is 0 Å². The summed E-state index contributed by atoms with van der Waals surface area (Å²) in [6.45, 7) is 0. The standard InChI is InChI=1S/C15H8Cl2FN3/c16-7-15-20-12-4-3-11(18)6-14(12)21(15)13-5-10(17)2-1-9(13)8-19/h1-6H,7H2. The Balaban J connectivity index is 2.41. The minimum absolute atomic E-state index is 0.133. The van der Waals surface area contributed by atoms with Crippen LogP contribution in [0.2, 0.25) is 5.02 Å². The van der Waals surface area contributed by atoms with Crippen LogP contribution in [0, 0.1) is 17.1 Å². The molecule has 1 heterocycles. The zero-order valence-electron chi connectivity index (χ0n) is 10.6. The van der Waals surface area contributed by atoms with Gasteiger partial charge in [-0.2, -0.15) is 5.26 Å². The van der Waals surface area contributed by atoms with Gasteiger partial charge in [-0.25, -0.2) is 9.37 Å². The summed E-state index contributed by atoms with van der Waals surface area (Å²) in [4.78, 5) is 4.37. The van der Waals surface area contributed by atoms with Crippen LogP contribution in [0.3, 0.4) is 0 Å². The van der Waals surface area contributed by atoms with E-state index in [9.17, 15) is 9.65 Å². The highest BCUT2D eigenvalue weighted by atomic mass is 35.5. The molecule has 0 aliphatic heterocycles. The van der Waals surface area contributed by atoms with Crippen LogP contribution >= 0.6 is 23.2 Å². The maximum atomic E-state index is 13.5. The number of fused-ring (bicyclic) bond motifs is 1. The zero-order chi connectivity index (χ0) is 15.0. The topological polar surface area (TPSA) is 41.6 Å². The van der Waals surface area contributed by atoms with Gasteiger partial charge in [-0.15, -0.1) is 11.6 Å². The molecule has 0 saturated heterocycles. The normalized spacial score (nSPS) is 10.8. The van der Waals surface area contributed by atoms with Crippen molar-refractivity contribution in [3.8, 4) is 11.8 Å². The van der Waals surface area contributed by atoms with E-state index < -0.39 is 0 Å². The lowest BCUT2D eigenvalue weighted by atomic mass is 10.2. The van der Waals surface area contributed by atoms with Gasteiger partial charge in [0.1, 0.15) is 17.7 Å². The first-order chi connectivity index (χ1) is 10.1. The molecule has 1 aromatic heterocycles. The van der Waals surface area contributed by atoms with Crippen molar-refractivity contribution in [2.45, 2.75) is 5.88 Å². The van der Waals surface area contributed by atoms with Crippen molar-refractivity contribution >= 4 is 34.2 Å². The Labute approximate surface area is 130 Å². The van der Waals surface area contributed by atoms with Gasteiger partial charge in [-0.1, -0.05) is 11.6 Å². The largest absolute Gasteiger partial charge is 0.294 e. The molecule has 2 aromatic carbocycles. The molecular weight excluding hydrogens is 312 g/mol. The molecule has 3 rings (SSSR count). The summed E-state index contributed by atoms with van der Waals surface area (Å²) in [5.74, 6) is 0.273. The highest BCUT2D eigenvalue weighted by molar-refractivity contribution is 6.30. The van der Waals surface area contributed by atoms with Crippen molar-refractivity contribution in [2.75, 3.05) is 0 Å². The second-order valence-corrected chi connectivity index (χ2v) is 5.11. The molecular formula is C15H8Cl2FN3. The third-order valence-corrected chi connectivity index (χ3v) is 3.60. The molecule has 0 spiro atoms. The van der Waals surface area contributed by atoms with Crippen molar-refractivity contribution in [3.05, 3.63) is 58.6 Å². The van der Waals surface area contributed by atoms with Crippen LogP contribution in [0.25, 0.3) is 16.7 Å². The van der Waals surface area contributed by atoms with E-state index in [1.165, 1.54) is 12.1 Å². The van der Waals surface area contributed by atoms with Crippen LogP contribution in [0.4, 0.5) is 4.39 Å². The highest BCUT2D eigenvalue weighted by Gasteiger charge is 2.15. The fourth-order valence-electron chi connectivity index (χ4n) is 2.24. The molecule has 0 unspecified atom stereocenters. The van der Waals surface area contributed by atoms with Crippen LogP contribution in [0.5, 0.6) is 0 Å². The Hall–Kier alpha value is -2.09. The van der Waals surface area contributed by atoms with Gasteiger partial charge < -0.3 is 0 Å². The fraction of sp³-hybridized carbons (Fsp3) is 0.0667. The third kappa shape index (κ3) is 2.35. The fourth-order valence-corrected chi connectivity index (χ4v) is 2.59. The molecule has 3 nitrogen and oxygen atoms in total. The second-order valence-electron chi connectivity index (χ2n) is 4.40. The quantitative estimate of drug-likeness (QED) is 0.656. The second kappa shape index (κ2) is 5.36. The van der Waals surface area contributed by atoms with Crippen molar-refractivity contribution < 1.29 is 4.39 Å². The van der Waals surface area contributed by atoms with Gasteiger partial charge >= 0.3 is 0 Å². The molecule has 0 radical (unpaired) electrons. The summed E-state index contributed by atoms with van der Waals surface area (Å²) >= 11 is 12.0. The molecule has 104 valence electrons. The molecule has 0 fully saturated rings. The number of halogens is 3. The number of hydrogen-bond acceptors (Lipinski definition) is 2. The molecule has 0 N–H and O–H groups in total. The highest BCUT2D eigenvalue weighted by Crippen LogP contribution is 2.27. The van der Waals surface area contributed by atoms with Crippen LogP contribution in [-0.4, -0.2) is 9.55 Å². The first-order valence-electron chi connectivity index (χ1n) is 6.07. The first-order valence-corrected chi connectivity index (χ1v) is 6.98. The Morgan fingerprint density at radius 1 is 1.24 bits per heavy atom. The van der Waals surface area contributed by atoms with E-state index in [0.717, 1.165) is 0 Å². The lowest BCUT2D eigenvalue weighted by Gasteiger charge is -2.10. The first kappa shape index (κ1) is 13.9. The van der Waals surface area contributed by atoms with Crippen LogP contribution in [-0.2, 0) is 5.88 Å². The molecule has 6 heteroatoms. The maximum absolute atomic E-state index is 13.5. The average molecular weight is 320 g/mol. The van der Waals surface area contributed by atoms with E-state index in [-0.39, 0.29) is 11.7 Å². The lowest BCUT2D eigenvalue weighted by molar-refractivity contribution is 0.629. The summed E-state index contributed by atoms with van der Waals surface area (Å²) in [5, 5.41) is 9.74. The number of benzene rings is 2. The summed E-state index contributed by atoms with van der Waals surface area (Å²) < 4.78 is 15.2. The molecule has 0 amide bonds. The van der Waals surface area contributed by atoms with Crippen LogP contribution in [0.1, 0.15) is 11.4 Å². The Kier molecular flexibility index (Phi) is 3.54. The van der Waals surface area contributed by atoms with Crippen LogP contribution < -0.4 is 0 Å². The zero-order valence-corrected chi connectivity index (χ0v) is 12.2. The summed E-state index contributed by atoms with van der Waals surface area (Å²) in [7, 11) is 0. The van der Waals surface area contributed by atoms with E-state index in [2.05, 4.69) is 11.1 Å². The van der Waals surface area contributed by atoms with Crippen LogP contribution in [0.15, 0.2) is 36.4 Å². The van der Waals surface area contributed by atoms with Crippen molar-refractivity contribution in [1.82, 2.24) is 9.55 Å². The van der Waals surface area contributed by atoms with Gasteiger partial charge in [0.2, 0.25) is 0 Å². The molecule has 0 aliphatic rings. The monoisotopic (exact) mass is 319 g/mol. The van der Waals surface area contributed by atoms with Crippen molar-refractivity contribution in [1.29, 1.82) is 5.26 Å².